The molecular formula is C15H20N4. The molecule has 0 amide bonds. The van der Waals surface area contributed by atoms with Gasteiger partial charge in [-0.15, -0.1) is 0 Å². The van der Waals surface area contributed by atoms with Crippen molar-refractivity contribution in [1.82, 2.24) is 14.7 Å². The molecule has 0 saturated carbocycles. The molecule has 1 aliphatic heterocycles. The first-order valence-corrected chi connectivity index (χ1v) is 6.79. The van der Waals surface area contributed by atoms with Crippen LogP contribution in [0.3, 0.4) is 0 Å². The van der Waals surface area contributed by atoms with Gasteiger partial charge in [-0.3, -0.25) is 9.58 Å². The fourth-order valence-electron chi connectivity index (χ4n) is 2.75. The minimum absolute atomic E-state index is 0.868. The Morgan fingerprint density at radius 1 is 1.26 bits per heavy atom. The Morgan fingerprint density at radius 2 is 2.16 bits per heavy atom. The molecule has 0 bridgehead atoms. The third-order valence-electron chi connectivity index (χ3n) is 3.93. The first kappa shape index (κ1) is 12.2. The van der Waals surface area contributed by atoms with Crippen LogP contribution in [0.15, 0.2) is 30.5 Å². The molecule has 0 atom stereocenters. The topological polar surface area (TPSA) is 47.1 Å². The fourth-order valence-corrected chi connectivity index (χ4v) is 2.75. The van der Waals surface area contributed by atoms with Crippen LogP contribution in [0.2, 0.25) is 0 Å². The lowest BCUT2D eigenvalue weighted by molar-refractivity contribution is 0.256. The van der Waals surface area contributed by atoms with Crippen LogP contribution >= 0.6 is 0 Å². The number of nitrogen functional groups attached to an aromatic ring is 1. The number of rotatable bonds is 3. The van der Waals surface area contributed by atoms with Crippen LogP contribution in [0.4, 0.5) is 5.69 Å². The van der Waals surface area contributed by atoms with Gasteiger partial charge in [0.25, 0.3) is 0 Å². The molecule has 0 aliphatic carbocycles. The summed E-state index contributed by atoms with van der Waals surface area (Å²) in [6, 6.07) is 8.38. The summed E-state index contributed by atoms with van der Waals surface area (Å²) in [5.74, 6) is 0. The number of aromatic nitrogens is 2. The highest BCUT2D eigenvalue weighted by molar-refractivity contribution is 5.45. The molecule has 100 valence electrons. The van der Waals surface area contributed by atoms with Crippen LogP contribution in [-0.4, -0.2) is 27.8 Å². The van der Waals surface area contributed by atoms with E-state index >= 15 is 0 Å². The second-order valence-electron chi connectivity index (χ2n) is 5.25. The van der Waals surface area contributed by atoms with Crippen LogP contribution in [-0.2, 0) is 26.4 Å². The molecule has 1 aromatic carbocycles. The number of aryl methyl sites for hydroxylation is 1. The molecule has 0 fully saturated rings. The van der Waals surface area contributed by atoms with Crippen molar-refractivity contribution in [3.63, 3.8) is 0 Å². The average molecular weight is 256 g/mol. The van der Waals surface area contributed by atoms with Gasteiger partial charge in [0.2, 0.25) is 0 Å². The molecule has 0 radical (unpaired) electrons. The summed E-state index contributed by atoms with van der Waals surface area (Å²) in [6.45, 7) is 3.22. The van der Waals surface area contributed by atoms with Crippen LogP contribution in [0, 0.1) is 0 Å². The third-order valence-corrected chi connectivity index (χ3v) is 3.93. The molecule has 1 aromatic heterocycles. The molecule has 4 heteroatoms. The molecule has 1 aliphatic rings. The fraction of sp³-hybridized carbons (Fsp3) is 0.400. The lowest BCUT2D eigenvalue weighted by Gasteiger charge is -2.28. The van der Waals surface area contributed by atoms with Gasteiger partial charge in [-0.1, -0.05) is 6.07 Å². The molecular weight excluding hydrogens is 236 g/mol. The summed E-state index contributed by atoms with van der Waals surface area (Å²) in [4.78, 5) is 2.49. The van der Waals surface area contributed by atoms with Gasteiger partial charge in [-0.05, 0) is 35.7 Å². The molecule has 2 heterocycles. The van der Waals surface area contributed by atoms with Crippen molar-refractivity contribution >= 4 is 5.69 Å². The van der Waals surface area contributed by atoms with Crippen molar-refractivity contribution in [2.45, 2.75) is 19.4 Å². The van der Waals surface area contributed by atoms with Gasteiger partial charge in [0.1, 0.15) is 0 Å². The molecule has 19 heavy (non-hydrogen) atoms. The molecule has 3 rings (SSSR count). The van der Waals surface area contributed by atoms with Crippen LogP contribution in [0.25, 0.3) is 0 Å². The van der Waals surface area contributed by atoms with E-state index in [1.54, 1.807) is 0 Å². The Bertz CT molecular complexity index is 573. The van der Waals surface area contributed by atoms with Crippen LogP contribution < -0.4 is 5.73 Å². The number of hydrogen-bond donors (Lipinski definition) is 1. The average Bonchev–Trinajstić information content (AvgIpc) is 2.81. The quantitative estimate of drug-likeness (QED) is 0.849. The highest BCUT2D eigenvalue weighted by Crippen LogP contribution is 2.21. The zero-order chi connectivity index (χ0) is 13.2. The van der Waals surface area contributed by atoms with E-state index in [1.165, 1.54) is 16.8 Å². The maximum atomic E-state index is 5.87. The van der Waals surface area contributed by atoms with E-state index in [2.05, 4.69) is 28.2 Å². The summed E-state index contributed by atoms with van der Waals surface area (Å²) in [5, 5.41) is 4.21. The normalized spacial score (nSPS) is 15.4. The monoisotopic (exact) mass is 256 g/mol. The van der Waals surface area contributed by atoms with Crippen molar-refractivity contribution in [1.29, 1.82) is 0 Å². The van der Waals surface area contributed by atoms with Crippen molar-refractivity contribution in [2.75, 3.05) is 18.8 Å². The minimum Gasteiger partial charge on any atom is -0.399 e. The lowest BCUT2D eigenvalue weighted by Crippen LogP contribution is -2.32. The lowest BCUT2D eigenvalue weighted by atomic mass is 9.99. The van der Waals surface area contributed by atoms with Crippen molar-refractivity contribution in [3.05, 3.63) is 47.3 Å². The van der Waals surface area contributed by atoms with Crippen LogP contribution in [0.5, 0.6) is 0 Å². The van der Waals surface area contributed by atoms with Gasteiger partial charge in [0.15, 0.2) is 0 Å². The summed E-state index contributed by atoms with van der Waals surface area (Å²) < 4.78 is 1.95. The summed E-state index contributed by atoms with van der Waals surface area (Å²) in [5.41, 5.74) is 10.9. The Kier molecular flexibility index (Phi) is 3.25. The molecule has 0 saturated heterocycles. The maximum absolute atomic E-state index is 5.87. The third kappa shape index (κ3) is 2.63. The first-order valence-electron chi connectivity index (χ1n) is 6.79. The van der Waals surface area contributed by atoms with E-state index in [1.807, 2.05) is 24.0 Å². The Morgan fingerprint density at radius 3 is 2.95 bits per heavy atom. The van der Waals surface area contributed by atoms with Crippen LogP contribution in [0.1, 0.15) is 16.8 Å². The molecule has 0 spiro atoms. The predicted molar refractivity (Wildman–Crippen MR) is 76.7 cm³/mol. The van der Waals surface area contributed by atoms with Crippen molar-refractivity contribution < 1.29 is 0 Å². The zero-order valence-corrected chi connectivity index (χ0v) is 11.3. The number of nitrogens with two attached hydrogens (primary N) is 1. The Balaban J connectivity index is 1.64. The van der Waals surface area contributed by atoms with Crippen molar-refractivity contribution in [2.24, 2.45) is 7.05 Å². The Labute approximate surface area is 113 Å². The number of nitrogens with zero attached hydrogens (tertiary/aromatic N) is 3. The van der Waals surface area contributed by atoms with E-state index < -0.39 is 0 Å². The van der Waals surface area contributed by atoms with Crippen molar-refractivity contribution in [3.8, 4) is 0 Å². The van der Waals surface area contributed by atoms with Gasteiger partial charge in [0.05, 0.1) is 0 Å². The summed E-state index contributed by atoms with van der Waals surface area (Å²) in [7, 11) is 2.00. The molecule has 4 nitrogen and oxygen atoms in total. The highest BCUT2D eigenvalue weighted by atomic mass is 15.3. The second-order valence-corrected chi connectivity index (χ2v) is 5.25. The number of fused-ring (bicyclic) bond motifs is 1. The van der Waals surface area contributed by atoms with Gasteiger partial charge >= 0.3 is 0 Å². The van der Waals surface area contributed by atoms with Gasteiger partial charge < -0.3 is 5.73 Å². The van der Waals surface area contributed by atoms with Gasteiger partial charge in [-0.25, -0.2) is 0 Å². The van der Waals surface area contributed by atoms with E-state index in [-0.39, 0.29) is 0 Å². The number of anilines is 1. The predicted octanol–water partition coefficient (Wildman–Crippen LogP) is 1.60. The maximum Gasteiger partial charge on any atom is 0.0492 e. The van der Waals surface area contributed by atoms with Gasteiger partial charge in [0, 0.05) is 50.7 Å². The van der Waals surface area contributed by atoms with E-state index in [0.29, 0.717) is 0 Å². The van der Waals surface area contributed by atoms with E-state index in [4.69, 9.17) is 5.73 Å². The number of benzene rings is 1. The zero-order valence-electron chi connectivity index (χ0n) is 11.3. The Hall–Kier alpha value is -1.81. The summed E-state index contributed by atoms with van der Waals surface area (Å²) in [6.07, 6.45) is 4.04. The van der Waals surface area contributed by atoms with E-state index in [9.17, 15) is 0 Å². The SMILES string of the molecule is Cn1nccc1CCN1CCc2ccc(N)cc2C1. The highest BCUT2D eigenvalue weighted by Gasteiger charge is 2.16. The molecule has 0 unspecified atom stereocenters. The largest absolute Gasteiger partial charge is 0.399 e. The number of hydrogen-bond acceptors (Lipinski definition) is 3. The minimum atomic E-state index is 0.868. The summed E-state index contributed by atoms with van der Waals surface area (Å²) >= 11 is 0. The first-order chi connectivity index (χ1) is 9.22. The molecule has 2 N–H and O–H groups in total. The smallest absolute Gasteiger partial charge is 0.0492 e. The van der Waals surface area contributed by atoms with E-state index in [0.717, 1.165) is 38.2 Å². The molecule has 2 aromatic rings. The standard InChI is InChI=1S/C15H20N4/c1-18-15(4-7-17-18)6-9-19-8-5-12-2-3-14(16)10-13(12)11-19/h2-4,7,10H,5-6,8-9,11,16H2,1H3. The van der Waals surface area contributed by atoms with Gasteiger partial charge in [-0.2, -0.15) is 5.10 Å². The second kappa shape index (κ2) is 5.05.